The molecule has 0 atom stereocenters. The molecule has 3 rings (SSSR count). The normalized spacial score (nSPS) is 11.6. The van der Waals surface area contributed by atoms with Crippen LogP contribution in [0.3, 0.4) is 0 Å². The molecule has 1 heterocycles. The number of benzene rings is 2. The first-order chi connectivity index (χ1) is 14.3. The van der Waals surface area contributed by atoms with Crippen LogP contribution in [0.15, 0.2) is 51.8 Å². The van der Waals surface area contributed by atoms with Crippen LogP contribution in [0, 0.1) is 6.92 Å². The van der Waals surface area contributed by atoms with Crippen molar-refractivity contribution in [1.29, 1.82) is 0 Å². The van der Waals surface area contributed by atoms with E-state index in [-0.39, 0.29) is 23.2 Å². The third-order valence-electron chi connectivity index (χ3n) is 4.34. The minimum Gasteiger partial charge on any atom is -0.490 e. The number of hydrogen-bond donors (Lipinski definition) is 0. The third kappa shape index (κ3) is 4.80. The van der Waals surface area contributed by atoms with E-state index in [4.69, 9.17) is 13.9 Å². The molecule has 1 aromatic heterocycles. The molecule has 0 saturated heterocycles. The summed E-state index contributed by atoms with van der Waals surface area (Å²) in [7, 11) is -2.19. The summed E-state index contributed by atoms with van der Waals surface area (Å²) in [6.45, 7) is 6.65. The van der Waals surface area contributed by atoms with Crippen LogP contribution in [-0.4, -0.2) is 43.2 Å². The van der Waals surface area contributed by atoms with Crippen LogP contribution in [0.1, 0.15) is 25.3 Å². The van der Waals surface area contributed by atoms with Gasteiger partial charge in [-0.3, -0.25) is 0 Å². The lowest BCUT2D eigenvalue weighted by atomic mass is 10.2. The molecule has 0 spiro atoms. The Morgan fingerprint density at radius 1 is 0.967 bits per heavy atom. The second-order valence-corrected chi connectivity index (χ2v) is 8.65. The molecule has 8 nitrogen and oxygen atoms in total. The molecular weight excluding hydrogens is 406 g/mol. The van der Waals surface area contributed by atoms with E-state index in [1.807, 2.05) is 20.8 Å². The maximum atomic E-state index is 12.7. The number of hydrogen-bond acceptors (Lipinski definition) is 7. The van der Waals surface area contributed by atoms with Crippen molar-refractivity contribution in [3.05, 3.63) is 53.9 Å². The first-order valence-corrected chi connectivity index (χ1v) is 11.0. The van der Waals surface area contributed by atoms with Gasteiger partial charge < -0.3 is 13.9 Å². The molecule has 0 aliphatic rings. The van der Waals surface area contributed by atoms with Crippen molar-refractivity contribution in [2.75, 3.05) is 20.3 Å². The molecule has 0 N–H and O–H groups in total. The predicted octanol–water partition coefficient (Wildman–Crippen LogP) is 3.66. The summed E-state index contributed by atoms with van der Waals surface area (Å²) in [6, 6.07) is 12.0. The van der Waals surface area contributed by atoms with Crippen LogP contribution in [0.2, 0.25) is 0 Å². The van der Waals surface area contributed by atoms with Crippen LogP contribution in [0.5, 0.6) is 11.5 Å². The summed E-state index contributed by atoms with van der Waals surface area (Å²) in [4.78, 5) is 0.211. The number of ether oxygens (including phenoxy) is 2. The molecule has 0 unspecified atom stereocenters. The minimum atomic E-state index is -3.67. The zero-order valence-electron chi connectivity index (χ0n) is 17.5. The highest BCUT2D eigenvalue weighted by Crippen LogP contribution is 2.32. The summed E-state index contributed by atoms with van der Waals surface area (Å²) in [5.74, 6) is 1.67. The Labute approximate surface area is 176 Å². The third-order valence-corrected chi connectivity index (χ3v) is 6.16. The van der Waals surface area contributed by atoms with Crippen LogP contribution in [0.25, 0.3) is 11.5 Å². The molecule has 0 fully saturated rings. The maximum Gasteiger partial charge on any atom is 0.247 e. The summed E-state index contributed by atoms with van der Waals surface area (Å²) in [5.41, 5.74) is 1.64. The van der Waals surface area contributed by atoms with Gasteiger partial charge in [-0.2, -0.15) is 4.31 Å². The standard InChI is InChI=1S/C21H25N3O5S/c1-5-27-18-12-9-16(13-19(18)28-6-2)21-23-22-20(29-21)14-24(4)30(25,26)17-10-7-15(3)8-11-17/h7-13H,5-6,14H2,1-4H3. The van der Waals surface area contributed by atoms with Crippen molar-refractivity contribution in [3.63, 3.8) is 0 Å². The fraction of sp³-hybridized carbons (Fsp3) is 0.333. The molecule has 2 aromatic carbocycles. The lowest BCUT2D eigenvalue weighted by molar-refractivity contribution is 0.288. The molecule has 0 aliphatic carbocycles. The molecule has 160 valence electrons. The molecular formula is C21H25N3O5S. The Kier molecular flexibility index (Phi) is 6.73. The van der Waals surface area contributed by atoms with Gasteiger partial charge in [-0.1, -0.05) is 17.7 Å². The second kappa shape index (κ2) is 9.27. The fourth-order valence-corrected chi connectivity index (χ4v) is 3.90. The summed E-state index contributed by atoms with van der Waals surface area (Å²) >= 11 is 0. The molecule has 0 amide bonds. The number of aryl methyl sites for hydroxylation is 1. The van der Waals surface area contributed by atoms with Gasteiger partial charge in [0.2, 0.25) is 21.8 Å². The highest BCUT2D eigenvalue weighted by Gasteiger charge is 2.23. The first-order valence-electron chi connectivity index (χ1n) is 9.60. The Morgan fingerprint density at radius 2 is 1.63 bits per heavy atom. The SMILES string of the molecule is CCOc1ccc(-c2nnc(CN(C)S(=O)(=O)c3ccc(C)cc3)o2)cc1OCC. The Balaban J connectivity index is 1.79. The molecule has 9 heteroatoms. The lowest BCUT2D eigenvalue weighted by Gasteiger charge is -2.15. The van der Waals surface area contributed by atoms with Crippen LogP contribution < -0.4 is 9.47 Å². The van der Waals surface area contributed by atoms with Gasteiger partial charge in [-0.05, 0) is 51.1 Å². The number of sulfonamides is 1. The van der Waals surface area contributed by atoms with Gasteiger partial charge in [0.1, 0.15) is 0 Å². The van der Waals surface area contributed by atoms with Crippen LogP contribution in [-0.2, 0) is 16.6 Å². The van der Waals surface area contributed by atoms with E-state index in [2.05, 4.69) is 10.2 Å². The summed E-state index contributed by atoms with van der Waals surface area (Å²) < 4.78 is 43.6. The average molecular weight is 432 g/mol. The topological polar surface area (TPSA) is 94.8 Å². The van der Waals surface area contributed by atoms with Crippen molar-refractivity contribution < 1.29 is 22.3 Å². The summed E-state index contributed by atoms with van der Waals surface area (Å²) in [6.07, 6.45) is 0. The molecule has 0 radical (unpaired) electrons. The van der Waals surface area contributed by atoms with Gasteiger partial charge >= 0.3 is 0 Å². The van der Waals surface area contributed by atoms with Gasteiger partial charge in [0.15, 0.2) is 11.5 Å². The van der Waals surface area contributed by atoms with E-state index in [9.17, 15) is 8.42 Å². The Morgan fingerprint density at radius 3 is 2.30 bits per heavy atom. The van der Waals surface area contributed by atoms with E-state index >= 15 is 0 Å². The maximum absolute atomic E-state index is 12.7. The Hall–Kier alpha value is -2.91. The highest BCUT2D eigenvalue weighted by molar-refractivity contribution is 7.89. The quantitative estimate of drug-likeness (QED) is 0.510. The largest absolute Gasteiger partial charge is 0.490 e. The monoisotopic (exact) mass is 431 g/mol. The molecule has 3 aromatic rings. The number of nitrogens with zero attached hydrogens (tertiary/aromatic N) is 3. The fourth-order valence-electron chi connectivity index (χ4n) is 2.78. The zero-order valence-corrected chi connectivity index (χ0v) is 18.3. The van der Waals surface area contributed by atoms with E-state index < -0.39 is 10.0 Å². The molecule has 0 bridgehead atoms. The second-order valence-electron chi connectivity index (χ2n) is 6.60. The average Bonchev–Trinajstić information content (AvgIpc) is 3.18. The van der Waals surface area contributed by atoms with Gasteiger partial charge in [-0.15, -0.1) is 10.2 Å². The zero-order chi connectivity index (χ0) is 21.7. The molecule has 0 aliphatic heterocycles. The predicted molar refractivity (Wildman–Crippen MR) is 112 cm³/mol. The van der Waals surface area contributed by atoms with Gasteiger partial charge in [0.05, 0.1) is 24.7 Å². The Bertz CT molecular complexity index is 1090. The van der Waals surface area contributed by atoms with Crippen LogP contribution in [0.4, 0.5) is 0 Å². The van der Waals surface area contributed by atoms with Crippen molar-refractivity contribution >= 4 is 10.0 Å². The van der Waals surface area contributed by atoms with Gasteiger partial charge in [0.25, 0.3) is 0 Å². The van der Waals surface area contributed by atoms with Crippen molar-refractivity contribution in [3.8, 4) is 23.0 Å². The van der Waals surface area contributed by atoms with Crippen molar-refractivity contribution in [2.45, 2.75) is 32.2 Å². The molecule has 30 heavy (non-hydrogen) atoms. The highest BCUT2D eigenvalue weighted by atomic mass is 32.2. The molecule has 0 saturated carbocycles. The minimum absolute atomic E-state index is 0.0431. The van der Waals surface area contributed by atoms with E-state index in [1.165, 1.54) is 11.4 Å². The van der Waals surface area contributed by atoms with E-state index in [0.29, 0.717) is 30.3 Å². The first kappa shape index (κ1) is 21.8. The number of aromatic nitrogens is 2. The smallest absolute Gasteiger partial charge is 0.247 e. The lowest BCUT2D eigenvalue weighted by Crippen LogP contribution is -2.26. The van der Waals surface area contributed by atoms with E-state index in [0.717, 1.165) is 5.56 Å². The number of rotatable bonds is 9. The van der Waals surface area contributed by atoms with Crippen molar-refractivity contribution in [2.24, 2.45) is 0 Å². The van der Waals surface area contributed by atoms with Gasteiger partial charge in [-0.25, -0.2) is 8.42 Å². The van der Waals surface area contributed by atoms with Gasteiger partial charge in [0, 0.05) is 12.6 Å². The summed E-state index contributed by atoms with van der Waals surface area (Å²) in [5, 5.41) is 8.04. The van der Waals surface area contributed by atoms with Crippen LogP contribution >= 0.6 is 0 Å². The van der Waals surface area contributed by atoms with Crippen molar-refractivity contribution in [1.82, 2.24) is 14.5 Å². The van der Waals surface area contributed by atoms with E-state index in [1.54, 1.807) is 42.5 Å².